The molecule has 2 atom stereocenters. The second kappa shape index (κ2) is 8.26. The Hall–Kier alpha value is -3.49. The predicted octanol–water partition coefficient (Wildman–Crippen LogP) is 2.65. The van der Waals surface area contributed by atoms with Crippen molar-refractivity contribution >= 4 is 29.2 Å². The minimum atomic E-state index is -1.35. The molecule has 1 heterocycles. The van der Waals surface area contributed by atoms with Crippen LogP contribution in [0.2, 0.25) is 0 Å². The van der Waals surface area contributed by atoms with Gasteiger partial charge in [-0.1, -0.05) is 18.2 Å². The zero-order valence-electron chi connectivity index (χ0n) is 15.6. The third-order valence-corrected chi connectivity index (χ3v) is 4.29. The van der Waals surface area contributed by atoms with Crippen LogP contribution in [0.5, 0.6) is 5.75 Å². The summed E-state index contributed by atoms with van der Waals surface area (Å²) in [6.45, 7) is 2.51. The molecule has 152 valence electrons. The average molecular weight is 404 g/mol. The first-order valence-electron chi connectivity index (χ1n) is 8.77. The number of esters is 1. The minimum absolute atomic E-state index is 0.0958. The number of para-hydroxylation sites is 3. The molecule has 1 aliphatic rings. The van der Waals surface area contributed by atoms with Crippen molar-refractivity contribution in [2.24, 2.45) is 0 Å². The van der Waals surface area contributed by atoms with Crippen LogP contribution in [0.25, 0.3) is 0 Å². The van der Waals surface area contributed by atoms with Gasteiger partial charge in [0, 0.05) is 6.92 Å². The number of hydrogen-bond acceptors (Lipinski definition) is 5. The number of carbonyl (C=O) groups is 3. The van der Waals surface area contributed by atoms with E-state index in [1.165, 1.54) is 18.7 Å². The maximum atomic E-state index is 13.7. The van der Waals surface area contributed by atoms with E-state index < -0.39 is 41.4 Å². The second-order valence-electron chi connectivity index (χ2n) is 6.37. The molecule has 0 saturated carbocycles. The Morgan fingerprint density at radius 1 is 1.14 bits per heavy atom. The Morgan fingerprint density at radius 3 is 2.45 bits per heavy atom. The molecule has 1 N–H and O–H groups in total. The van der Waals surface area contributed by atoms with E-state index in [4.69, 9.17) is 9.47 Å². The molecule has 29 heavy (non-hydrogen) atoms. The summed E-state index contributed by atoms with van der Waals surface area (Å²) in [5.41, 5.74) is -0.115. The summed E-state index contributed by atoms with van der Waals surface area (Å²) in [5.74, 6) is -3.69. The quantitative estimate of drug-likeness (QED) is 0.792. The highest BCUT2D eigenvalue weighted by atomic mass is 19.1. The number of carbonyl (C=O) groups excluding carboxylic acids is 3. The Balaban J connectivity index is 1.68. The van der Waals surface area contributed by atoms with Crippen molar-refractivity contribution in [1.82, 2.24) is 0 Å². The van der Waals surface area contributed by atoms with Crippen LogP contribution in [0, 0.1) is 11.6 Å². The van der Waals surface area contributed by atoms with Crippen LogP contribution >= 0.6 is 0 Å². The second-order valence-corrected chi connectivity index (χ2v) is 6.37. The number of benzene rings is 2. The van der Waals surface area contributed by atoms with Crippen molar-refractivity contribution in [2.75, 3.05) is 16.8 Å². The maximum absolute atomic E-state index is 13.7. The Kier molecular flexibility index (Phi) is 5.76. The summed E-state index contributed by atoms with van der Waals surface area (Å²) in [5, 5.41) is 2.06. The molecule has 0 fully saturated rings. The van der Waals surface area contributed by atoms with E-state index in [-0.39, 0.29) is 12.5 Å². The highest BCUT2D eigenvalue weighted by Gasteiger charge is 2.35. The van der Waals surface area contributed by atoms with Crippen LogP contribution < -0.4 is 15.0 Å². The van der Waals surface area contributed by atoms with Gasteiger partial charge in [-0.25, -0.2) is 13.6 Å². The third-order valence-electron chi connectivity index (χ3n) is 4.29. The van der Waals surface area contributed by atoms with Crippen LogP contribution in [0.1, 0.15) is 13.8 Å². The van der Waals surface area contributed by atoms with Gasteiger partial charge in [0.25, 0.3) is 5.91 Å². The van der Waals surface area contributed by atoms with E-state index in [9.17, 15) is 23.2 Å². The summed E-state index contributed by atoms with van der Waals surface area (Å²) >= 11 is 0. The Bertz CT molecular complexity index is 945. The molecule has 0 aliphatic carbocycles. The standard InChI is InChI=1S/C20H18F2N2O5/c1-11(19(26)23-18-13(21)6-5-7-14(18)22)28-20(27)17-10-24(12(2)25)15-8-3-4-9-16(15)29-17/h3-9,11,17H,10H2,1-2H3,(H,23,26)/t11-,17-/m1/s1. The van der Waals surface area contributed by atoms with Gasteiger partial charge < -0.3 is 19.7 Å². The monoisotopic (exact) mass is 404 g/mol. The zero-order chi connectivity index (χ0) is 21.1. The number of ether oxygens (including phenoxy) is 2. The Morgan fingerprint density at radius 2 is 1.79 bits per heavy atom. The topological polar surface area (TPSA) is 84.9 Å². The summed E-state index contributed by atoms with van der Waals surface area (Å²) in [6, 6.07) is 9.81. The summed E-state index contributed by atoms with van der Waals surface area (Å²) in [4.78, 5) is 37.9. The molecule has 2 amide bonds. The number of fused-ring (bicyclic) bond motifs is 1. The van der Waals surface area contributed by atoms with Gasteiger partial charge in [-0.2, -0.15) is 0 Å². The minimum Gasteiger partial charge on any atom is -0.475 e. The molecule has 0 aromatic heterocycles. The number of rotatable bonds is 4. The van der Waals surface area contributed by atoms with Gasteiger partial charge in [-0.05, 0) is 31.2 Å². The molecule has 2 aromatic rings. The summed E-state index contributed by atoms with van der Waals surface area (Å²) in [7, 11) is 0. The number of halogens is 2. The van der Waals surface area contributed by atoms with Gasteiger partial charge in [-0.15, -0.1) is 0 Å². The number of nitrogens with one attached hydrogen (secondary N) is 1. The molecular weight excluding hydrogens is 386 g/mol. The molecule has 7 nitrogen and oxygen atoms in total. The normalized spacial score (nSPS) is 16.3. The van der Waals surface area contributed by atoms with Crippen LogP contribution in [0.15, 0.2) is 42.5 Å². The van der Waals surface area contributed by atoms with Gasteiger partial charge in [0.2, 0.25) is 12.0 Å². The average Bonchev–Trinajstić information content (AvgIpc) is 2.69. The lowest BCUT2D eigenvalue weighted by Crippen LogP contribution is -2.48. The molecule has 1 aliphatic heterocycles. The number of nitrogens with zero attached hydrogens (tertiary/aromatic N) is 1. The van der Waals surface area contributed by atoms with Crippen LogP contribution in [0.4, 0.5) is 20.2 Å². The van der Waals surface area contributed by atoms with Crippen molar-refractivity contribution in [2.45, 2.75) is 26.1 Å². The first-order chi connectivity index (χ1) is 13.8. The predicted molar refractivity (Wildman–Crippen MR) is 99.4 cm³/mol. The van der Waals surface area contributed by atoms with E-state index >= 15 is 0 Å². The molecule has 0 saturated heterocycles. The van der Waals surface area contributed by atoms with Crippen LogP contribution in [0.3, 0.4) is 0 Å². The van der Waals surface area contributed by atoms with E-state index in [1.54, 1.807) is 24.3 Å². The van der Waals surface area contributed by atoms with Crippen molar-refractivity contribution in [3.05, 3.63) is 54.1 Å². The van der Waals surface area contributed by atoms with Crippen LogP contribution in [-0.2, 0) is 19.1 Å². The highest BCUT2D eigenvalue weighted by Crippen LogP contribution is 2.33. The molecule has 9 heteroatoms. The fraction of sp³-hybridized carbons (Fsp3) is 0.250. The van der Waals surface area contributed by atoms with E-state index in [1.807, 2.05) is 0 Å². The van der Waals surface area contributed by atoms with E-state index in [0.29, 0.717) is 11.4 Å². The molecule has 2 aromatic carbocycles. The SMILES string of the molecule is CC(=O)N1C[C@H](C(=O)O[C@H](C)C(=O)Nc2c(F)cccc2F)Oc2ccccc21. The molecule has 0 bridgehead atoms. The summed E-state index contributed by atoms with van der Waals surface area (Å²) in [6.07, 6.45) is -2.51. The zero-order valence-corrected chi connectivity index (χ0v) is 15.6. The fourth-order valence-corrected chi connectivity index (χ4v) is 2.80. The largest absolute Gasteiger partial charge is 0.475 e. The van der Waals surface area contributed by atoms with Crippen LogP contribution in [-0.4, -0.2) is 36.5 Å². The molecule has 0 radical (unpaired) electrons. The van der Waals surface area contributed by atoms with Gasteiger partial charge in [0.15, 0.2) is 6.10 Å². The highest BCUT2D eigenvalue weighted by molar-refractivity contribution is 5.97. The maximum Gasteiger partial charge on any atom is 0.350 e. The smallest absolute Gasteiger partial charge is 0.350 e. The van der Waals surface area contributed by atoms with Gasteiger partial charge in [-0.3, -0.25) is 9.59 Å². The lowest BCUT2D eigenvalue weighted by Gasteiger charge is -2.33. The molecule has 3 rings (SSSR count). The van der Waals surface area contributed by atoms with Crippen molar-refractivity contribution in [1.29, 1.82) is 0 Å². The van der Waals surface area contributed by atoms with Gasteiger partial charge in [0.1, 0.15) is 23.1 Å². The van der Waals surface area contributed by atoms with Gasteiger partial charge >= 0.3 is 5.97 Å². The number of hydrogen-bond donors (Lipinski definition) is 1. The number of amides is 2. The van der Waals surface area contributed by atoms with Gasteiger partial charge in [0.05, 0.1) is 12.2 Å². The molecular formula is C20H18F2N2O5. The van der Waals surface area contributed by atoms with Crippen molar-refractivity contribution in [3.8, 4) is 5.75 Å². The first-order valence-corrected chi connectivity index (χ1v) is 8.77. The van der Waals surface area contributed by atoms with Crippen molar-refractivity contribution < 1.29 is 32.6 Å². The van der Waals surface area contributed by atoms with Crippen molar-refractivity contribution in [3.63, 3.8) is 0 Å². The summed E-state index contributed by atoms with van der Waals surface area (Å²) < 4.78 is 38.0. The number of anilines is 2. The molecule has 0 unspecified atom stereocenters. The third kappa shape index (κ3) is 4.34. The Labute approximate surface area is 165 Å². The molecule has 0 spiro atoms. The lowest BCUT2D eigenvalue weighted by molar-refractivity contribution is -0.160. The first kappa shape index (κ1) is 20.2. The van der Waals surface area contributed by atoms with E-state index in [2.05, 4.69) is 5.32 Å². The lowest BCUT2D eigenvalue weighted by atomic mass is 10.2. The fourth-order valence-electron chi connectivity index (χ4n) is 2.80. The van der Waals surface area contributed by atoms with E-state index in [0.717, 1.165) is 18.2 Å².